The molecule has 1 aromatic rings. The van der Waals surface area contributed by atoms with Crippen LogP contribution in [0.2, 0.25) is 0 Å². The molecule has 0 fully saturated rings. The summed E-state index contributed by atoms with van der Waals surface area (Å²) in [6.45, 7) is 2.14. The number of nitrogens with one attached hydrogen (secondary N) is 1. The van der Waals surface area contributed by atoms with E-state index in [1.165, 1.54) is 0 Å². The number of likely N-dealkylation sites (N-methyl/N-ethyl adjacent to an activating group) is 1. The van der Waals surface area contributed by atoms with Crippen LogP contribution in [0.1, 0.15) is 13.3 Å². The number of benzene rings is 1. The molecule has 116 valence electrons. The standard InChI is InChI=1S/C19H18N2O2/c1-18-9-8-14-15(16(22)20-13-6-4-3-5-7-13)17(23)21(2)19(14,12-18)11-10-18/h3-11H,12H2,1-2H3,(H,20,22). The van der Waals surface area contributed by atoms with Crippen molar-refractivity contribution in [2.45, 2.75) is 18.9 Å². The molecule has 2 amide bonds. The van der Waals surface area contributed by atoms with Crippen LogP contribution >= 0.6 is 0 Å². The first-order valence-electron chi connectivity index (χ1n) is 7.74. The molecule has 3 aliphatic rings. The number of nitrogens with zero attached hydrogens (tertiary/aromatic N) is 1. The van der Waals surface area contributed by atoms with Gasteiger partial charge in [0.15, 0.2) is 0 Å². The minimum Gasteiger partial charge on any atom is -0.328 e. The van der Waals surface area contributed by atoms with Crippen LogP contribution in [-0.4, -0.2) is 29.3 Å². The van der Waals surface area contributed by atoms with Gasteiger partial charge in [0.2, 0.25) is 0 Å². The predicted octanol–water partition coefficient (Wildman–Crippen LogP) is 2.67. The Labute approximate surface area is 135 Å². The highest BCUT2D eigenvalue weighted by Crippen LogP contribution is 2.53. The van der Waals surface area contributed by atoms with Gasteiger partial charge in [-0.3, -0.25) is 9.59 Å². The second kappa shape index (κ2) is 4.44. The summed E-state index contributed by atoms with van der Waals surface area (Å²) < 4.78 is 0. The summed E-state index contributed by atoms with van der Waals surface area (Å²) in [5.74, 6) is -0.553. The molecule has 2 aliphatic carbocycles. The van der Waals surface area contributed by atoms with Gasteiger partial charge in [0.05, 0.1) is 5.54 Å². The molecule has 4 rings (SSSR count). The molecule has 2 atom stereocenters. The average Bonchev–Trinajstić information content (AvgIpc) is 2.94. The Morgan fingerprint density at radius 2 is 1.91 bits per heavy atom. The van der Waals surface area contributed by atoms with Crippen LogP contribution < -0.4 is 5.32 Å². The fourth-order valence-corrected chi connectivity index (χ4v) is 3.85. The molecule has 0 aromatic heterocycles. The van der Waals surface area contributed by atoms with Gasteiger partial charge in [0.25, 0.3) is 11.8 Å². The number of hydrogen-bond donors (Lipinski definition) is 1. The van der Waals surface area contributed by atoms with E-state index in [4.69, 9.17) is 0 Å². The van der Waals surface area contributed by atoms with Crippen molar-refractivity contribution in [1.29, 1.82) is 0 Å². The third-order valence-electron chi connectivity index (χ3n) is 5.13. The normalized spacial score (nSPS) is 30.9. The van der Waals surface area contributed by atoms with Crippen LogP contribution in [-0.2, 0) is 9.59 Å². The quantitative estimate of drug-likeness (QED) is 0.674. The van der Waals surface area contributed by atoms with E-state index in [2.05, 4.69) is 30.5 Å². The number of allylic oxidation sites excluding steroid dienone is 2. The first-order chi connectivity index (χ1) is 11.0. The van der Waals surface area contributed by atoms with Crippen LogP contribution in [0.3, 0.4) is 0 Å². The molecule has 2 bridgehead atoms. The van der Waals surface area contributed by atoms with Crippen molar-refractivity contribution < 1.29 is 9.59 Å². The van der Waals surface area contributed by atoms with Crippen LogP contribution in [0, 0.1) is 5.41 Å². The summed E-state index contributed by atoms with van der Waals surface area (Å²) in [6, 6.07) is 9.21. The zero-order valence-corrected chi connectivity index (χ0v) is 13.2. The molecule has 1 aromatic carbocycles. The van der Waals surface area contributed by atoms with Gasteiger partial charge in [0.1, 0.15) is 5.57 Å². The summed E-state index contributed by atoms with van der Waals surface area (Å²) in [5.41, 5.74) is 1.24. The number of carbonyl (C=O) groups is 2. The lowest BCUT2D eigenvalue weighted by Gasteiger charge is -2.38. The molecule has 0 saturated heterocycles. The van der Waals surface area contributed by atoms with E-state index in [1.807, 2.05) is 36.4 Å². The Morgan fingerprint density at radius 3 is 2.65 bits per heavy atom. The van der Waals surface area contributed by atoms with Gasteiger partial charge in [-0.05, 0) is 24.1 Å². The van der Waals surface area contributed by atoms with Gasteiger partial charge in [-0.1, -0.05) is 49.4 Å². The summed E-state index contributed by atoms with van der Waals surface area (Å²) >= 11 is 0. The Kier molecular flexibility index (Phi) is 2.71. The SMILES string of the molecule is CN1C(=O)C(C(=O)Nc2ccccc2)=C2C=CC3(C)C=CC21C3. The molecule has 1 aliphatic heterocycles. The average molecular weight is 306 g/mol. The minimum atomic E-state index is -0.468. The number of anilines is 1. The smallest absolute Gasteiger partial charge is 0.261 e. The van der Waals surface area contributed by atoms with Crippen LogP contribution in [0.15, 0.2) is 65.8 Å². The van der Waals surface area contributed by atoms with E-state index < -0.39 is 5.54 Å². The third-order valence-corrected chi connectivity index (χ3v) is 5.13. The van der Waals surface area contributed by atoms with Gasteiger partial charge in [0, 0.05) is 18.2 Å². The lowest BCUT2D eigenvalue weighted by atomic mass is 9.75. The van der Waals surface area contributed by atoms with E-state index in [0.717, 1.165) is 12.0 Å². The van der Waals surface area contributed by atoms with Crippen molar-refractivity contribution in [3.8, 4) is 0 Å². The van der Waals surface area contributed by atoms with Gasteiger partial charge in [-0.25, -0.2) is 0 Å². The second-order valence-corrected chi connectivity index (χ2v) is 6.75. The summed E-state index contributed by atoms with van der Waals surface area (Å²) in [6.07, 6.45) is 9.05. The highest BCUT2D eigenvalue weighted by molar-refractivity contribution is 6.25. The number of amides is 2. The lowest BCUT2D eigenvalue weighted by Crippen LogP contribution is -2.45. The molecule has 1 heterocycles. The van der Waals surface area contributed by atoms with Gasteiger partial charge in [-0.2, -0.15) is 0 Å². The lowest BCUT2D eigenvalue weighted by molar-refractivity contribution is -0.128. The molecular formula is C19H18N2O2. The number of hydrogen-bond acceptors (Lipinski definition) is 2. The van der Waals surface area contributed by atoms with Gasteiger partial charge < -0.3 is 10.2 Å². The zero-order valence-electron chi connectivity index (χ0n) is 13.2. The highest BCUT2D eigenvalue weighted by Gasteiger charge is 2.55. The van der Waals surface area contributed by atoms with E-state index >= 15 is 0 Å². The van der Waals surface area contributed by atoms with Crippen LogP contribution in [0.5, 0.6) is 0 Å². The Bertz CT molecular complexity index is 806. The Balaban J connectivity index is 1.77. The fraction of sp³-hybridized carbons (Fsp3) is 0.263. The zero-order chi connectivity index (χ0) is 16.2. The molecule has 2 unspecified atom stereocenters. The first kappa shape index (κ1) is 14.0. The van der Waals surface area contributed by atoms with E-state index in [0.29, 0.717) is 5.69 Å². The Hall–Kier alpha value is -2.62. The van der Waals surface area contributed by atoms with E-state index in [-0.39, 0.29) is 22.8 Å². The van der Waals surface area contributed by atoms with E-state index in [1.54, 1.807) is 11.9 Å². The van der Waals surface area contributed by atoms with Crippen LogP contribution in [0.4, 0.5) is 5.69 Å². The number of carbonyl (C=O) groups excluding carboxylic acids is 2. The molecule has 1 N–H and O–H groups in total. The molecule has 1 spiro atoms. The molecular weight excluding hydrogens is 288 g/mol. The van der Waals surface area contributed by atoms with Gasteiger partial charge in [-0.15, -0.1) is 0 Å². The van der Waals surface area contributed by atoms with Crippen molar-refractivity contribution in [1.82, 2.24) is 4.90 Å². The largest absolute Gasteiger partial charge is 0.328 e. The molecule has 0 saturated carbocycles. The maximum absolute atomic E-state index is 12.7. The summed E-state index contributed by atoms with van der Waals surface area (Å²) in [7, 11) is 1.78. The van der Waals surface area contributed by atoms with Crippen molar-refractivity contribution in [3.63, 3.8) is 0 Å². The van der Waals surface area contributed by atoms with Crippen molar-refractivity contribution in [2.75, 3.05) is 12.4 Å². The molecule has 0 radical (unpaired) electrons. The van der Waals surface area contributed by atoms with E-state index in [9.17, 15) is 9.59 Å². The molecule has 23 heavy (non-hydrogen) atoms. The topological polar surface area (TPSA) is 49.4 Å². The van der Waals surface area contributed by atoms with Crippen LogP contribution in [0.25, 0.3) is 0 Å². The second-order valence-electron chi connectivity index (χ2n) is 6.75. The number of fused-ring (bicyclic) bond motifs is 1. The molecule has 4 nitrogen and oxygen atoms in total. The fourth-order valence-electron chi connectivity index (χ4n) is 3.85. The maximum Gasteiger partial charge on any atom is 0.261 e. The monoisotopic (exact) mass is 306 g/mol. The maximum atomic E-state index is 12.7. The van der Waals surface area contributed by atoms with Crippen molar-refractivity contribution >= 4 is 17.5 Å². The number of para-hydroxylation sites is 1. The summed E-state index contributed by atoms with van der Waals surface area (Å²) in [4.78, 5) is 27.1. The van der Waals surface area contributed by atoms with Crippen molar-refractivity contribution in [3.05, 3.63) is 65.8 Å². The van der Waals surface area contributed by atoms with Crippen molar-refractivity contribution in [2.24, 2.45) is 5.41 Å². The van der Waals surface area contributed by atoms with Gasteiger partial charge >= 0.3 is 0 Å². The highest BCUT2D eigenvalue weighted by atomic mass is 16.2. The Morgan fingerprint density at radius 1 is 1.17 bits per heavy atom. The number of rotatable bonds is 2. The predicted molar refractivity (Wildman–Crippen MR) is 88.6 cm³/mol. The minimum absolute atomic E-state index is 0.0383. The summed E-state index contributed by atoms with van der Waals surface area (Å²) in [5, 5.41) is 2.83. The first-order valence-corrected chi connectivity index (χ1v) is 7.74. The third kappa shape index (κ3) is 1.84. The molecule has 4 heteroatoms.